The average molecular weight is 310 g/mol. The van der Waals surface area contributed by atoms with Crippen molar-refractivity contribution in [1.29, 1.82) is 0 Å². The first-order valence-electron chi connectivity index (χ1n) is 6.41. The number of aromatic nitrogens is 3. The highest BCUT2D eigenvalue weighted by Crippen LogP contribution is 2.29. The van der Waals surface area contributed by atoms with E-state index in [0.29, 0.717) is 5.22 Å². The van der Waals surface area contributed by atoms with Crippen molar-refractivity contribution in [2.24, 2.45) is 0 Å². The molecule has 108 valence electrons. The molecule has 0 radical (unpaired) electrons. The molecule has 0 aliphatic rings. The van der Waals surface area contributed by atoms with Crippen LogP contribution in [0.25, 0.3) is 0 Å². The van der Waals surface area contributed by atoms with Gasteiger partial charge in [-0.15, -0.1) is 0 Å². The second-order valence-electron chi connectivity index (χ2n) is 4.23. The molecule has 0 aromatic carbocycles. The van der Waals surface area contributed by atoms with Crippen molar-refractivity contribution in [3.8, 4) is 0 Å². The van der Waals surface area contributed by atoms with E-state index in [1.807, 2.05) is 26.2 Å². The summed E-state index contributed by atoms with van der Waals surface area (Å²) < 4.78 is 5.58. The predicted octanol–water partition coefficient (Wildman–Crippen LogP) is 3.78. The quantitative estimate of drug-likeness (QED) is 0.495. The van der Waals surface area contributed by atoms with E-state index in [1.165, 1.54) is 23.5 Å². The van der Waals surface area contributed by atoms with E-state index >= 15 is 0 Å². The molecule has 0 bridgehead atoms. The van der Waals surface area contributed by atoms with Gasteiger partial charge < -0.3 is 9.73 Å². The van der Waals surface area contributed by atoms with E-state index < -0.39 is 0 Å². The summed E-state index contributed by atoms with van der Waals surface area (Å²) in [6, 6.07) is 1.93. The number of nitrogens with one attached hydrogen (secondary N) is 1. The van der Waals surface area contributed by atoms with Crippen LogP contribution in [-0.4, -0.2) is 27.8 Å². The zero-order valence-corrected chi connectivity index (χ0v) is 13.7. The number of nitrogens with zero attached hydrogens (tertiary/aromatic N) is 3. The van der Waals surface area contributed by atoms with Crippen molar-refractivity contribution in [3.63, 3.8) is 0 Å². The van der Waals surface area contributed by atoms with Gasteiger partial charge in [-0.1, -0.05) is 18.7 Å². The molecule has 0 aliphatic heterocycles. The van der Waals surface area contributed by atoms with E-state index in [4.69, 9.17) is 4.42 Å². The van der Waals surface area contributed by atoms with Crippen molar-refractivity contribution in [1.82, 2.24) is 15.0 Å². The summed E-state index contributed by atoms with van der Waals surface area (Å²) in [6.45, 7) is 6.86. The maximum Gasteiger partial charge on any atom is 0.262 e. The minimum atomic E-state index is 0.618. The molecular weight excluding hydrogens is 292 g/mol. The fourth-order valence-corrected chi connectivity index (χ4v) is 2.74. The van der Waals surface area contributed by atoms with Crippen LogP contribution in [0, 0.1) is 13.8 Å². The van der Waals surface area contributed by atoms with E-state index in [1.54, 1.807) is 0 Å². The van der Waals surface area contributed by atoms with Crippen LogP contribution in [0.2, 0.25) is 0 Å². The third-order valence-corrected chi connectivity index (χ3v) is 3.94. The summed E-state index contributed by atoms with van der Waals surface area (Å²) >= 11 is 2.94. The molecule has 2 rings (SSSR count). The smallest absolute Gasteiger partial charge is 0.262 e. The second-order valence-corrected chi connectivity index (χ2v) is 5.97. The molecule has 5 nitrogen and oxygen atoms in total. The normalized spacial score (nSPS) is 10.8. The highest BCUT2D eigenvalue weighted by molar-refractivity contribution is 7.99. The Balaban J connectivity index is 2.21. The molecule has 2 aromatic heterocycles. The van der Waals surface area contributed by atoms with Crippen molar-refractivity contribution in [2.75, 3.05) is 18.1 Å². The standard InChI is InChI=1S/C13H18N4OS2/c1-5-6-14-10-7-11(17-12(16-10)19-4)20-13-15-8(2)9(3)18-13/h7H,5-6H2,1-4H3,(H,14,16,17). The molecular formula is C13H18N4OS2. The van der Waals surface area contributed by atoms with Crippen molar-refractivity contribution >= 4 is 29.3 Å². The number of anilines is 1. The largest absolute Gasteiger partial charge is 0.436 e. The fourth-order valence-electron chi connectivity index (χ4n) is 1.47. The molecule has 0 unspecified atom stereocenters. The summed E-state index contributed by atoms with van der Waals surface area (Å²) in [6.07, 6.45) is 3.02. The lowest BCUT2D eigenvalue weighted by Crippen LogP contribution is -2.03. The van der Waals surface area contributed by atoms with Gasteiger partial charge in [0.05, 0.1) is 5.69 Å². The highest BCUT2D eigenvalue weighted by Gasteiger charge is 2.11. The van der Waals surface area contributed by atoms with Gasteiger partial charge in [0.2, 0.25) is 0 Å². The summed E-state index contributed by atoms with van der Waals surface area (Å²) in [5.74, 6) is 1.68. The molecule has 7 heteroatoms. The van der Waals surface area contributed by atoms with Crippen LogP contribution in [0.4, 0.5) is 5.82 Å². The SMILES string of the molecule is CCCNc1cc(Sc2nc(C)c(C)o2)nc(SC)n1. The Hall–Kier alpha value is -1.21. The minimum absolute atomic E-state index is 0.618. The monoisotopic (exact) mass is 310 g/mol. The van der Waals surface area contributed by atoms with Gasteiger partial charge in [0.25, 0.3) is 5.22 Å². The number of hydrogen-bond acceptors (Lipinski definition) is 7. The average Bonchev–Trinajstić information content (AvgIpc) is 2.74. The van der Waals surface area contributed by atoms with Gasteiger partial charge in [0.1, 0.15) is 16.6 Å². The van der Waals surface area contributed by atoms with Crippen LogP contribution in [0.15, 0.2) is 25.9 Å². The zero-order valence-electron chi connectivity index (χ0n) is 12.1. The first-order chi connectivity index (χ1) is 9.62. The minimum Gasteiger partial charge on any atom is -0.436 e. The molecule has 0 fully saturated rings. The number of thioether (sulfide) groups is 1. The van der Waals surface area contributed by atoms with E-state index in [0.717, 1.165) is 40.4 Å². The Morgan fingerprint density at radius 1 is 1.25 bits per heavy atom. The Kier molecular flexibility index (Phi) is 5.31. The summed E-state index contributed by atoms with van der Waals surface area (Å²) in [4.78, 5) is 13.3. The highest BCUT2D eigenvalue weighted by atomic mass is 32.2. The molecule has 1 N–H and O–H groups in total. The maximum absolute atomic E-state index is 5.58. The van der Waals surface area contributed by atoms with Crippen molar-refractivity contribution in [3.05, 3.63) is 17.5 Å². The number of aryl methyl sites for hydroxylation is 2. The van der Waals surface area contributed by atoms with Gasteiger partial charge in [0, 0.05) is 12.6 Å². The Labute approximate surface area is 127 Å². The molecule has 0 spiro atoms. The Morgan fingerprint density at radius 3 is 2.65 bits per heavy atom. The van der Waals surface area contributed by atoms with Crippen molar-refractivity contribution in [2.45, 2.75) is 42.6 Å². The summed E-state index contributed by atoms with van der Waals surface area (Å²) in [5.41, 5.74) is 0.913. The van der Waals surface area contributed by atoms with Gasteiger partial charge in [0.15, 0.2) is 5.16 Å². The second kappa shape index (κ2) is 6.99. The molecule has 2 aromatic rings. The lowest BCUT2D eigenvalue weighted by molar-refractivity contribution is 0.431. The molecule has 0 amide bonds. The molecule has 0 aliphatic carbocycles. The van der Waals surface area contributed by atoms with Gasteiger partial charge in [-0.05, 0) is 38.3 Å². The van der Waals surface area contributed by atoms with Crippen LogP contribution < -0.4 is 5.32 Å². The van der Waals surface area contributed by atoms with Gasteiger partial charge in [-0.25, -0.2) is 15.0 Å². The molecule has 20 heavy (non-hydrogen) atoms. The molecule has 0 saturated heterocycles. The first-order valence-corrected chi connectivity index (χ1v) is 8.45. The van der Waals surface area contributed by atoms with Crippen LogP contribution in [0.3, 0.4) is 0 Å². The first kappa shape index (κ1) is 15.2. The summed E-state index contributed by atoms with van der Waals surface area (Å²) in [7, 11) is 0. The Bertz CT molecular complexity index is 566. The third-order valence-electron chi connectivity index (χ3n) is 2.62. The molecule has 0 atom stereocenters. The van der Waals surface area contributed by atoms with Crippen molar-refractivity contribution < 1.29 is 4.42 Å². The topological polar surface area (TPSA) is 63.8 Å². The third kappa shape index (κ3) is 3.89. The van der Waals surface area contributed by atoms with E-state index in [-0.39, 0.29) is 0 Å². The molecule has 2 heterocycles. The fraction of sp³-hybridized carbons (Fsp3) is 0.462. The van der Waals surface area contributed by atoms with E-state index in [9.17, 15) is 0 Å². The Morgan fingerprint density at radius 2 is 2.05 bits per heavy atom. The van der Waals surface area contributed by atoms with Gasteiger partial charge >= 0.3 is 0 Å². The molecule has 0 saturated carbocycles. The van der Waals surface area contributed by atoms with Crippen LogP contribution >= 0.6 is 23.5 Å². The number of rotatable bonds is 6. The zero-order chi connectivity index (χ0) is 14.5. The summed E-state index contributed by atoms with van der Waals surface area (Å²) in [5, 5.41) is 5.48. The van der Waals surface area contributed by atoms with Crippen LogP contribution in [0.5, 0.6) is 0 Å². The van der Waals surface area contributed by atoms with E-state index in [2.05, 4.69) is 27.2 Å². The van der Waals surface area contributed by atoms with Gasteiger partial charge in [-0.3, -0.25) is 0 Å². The van der Waals surface area contributed by atoms with Crippen LogP contribution in [-0.2, 0) is 0 Å². The van der Waals surface area contributed by atoms with Crippen LogP contribution in [0.1, 0.15) is 24.8 Å². The number of hydrogen-bond donors (Lipinski definition) is 1. The predicted molar refractivity (Wildman–Crippen MR) is 82.7 cm³/mol. The lowest BCUT2D eigenvalue weighted by Gasteiger charge is -2.06. The van der Waals surface area contributed by atoms with Gasteiger partial charge in [-0.2, -0.15) is 0 Å². The lowest BCUT2D eigenvalue weighted by atomic mass is 10.4. The maximum atomic E-state index is 5.58. The number of oxazole rings is 1.